The molecule has 1 heterocycles. The second-order valence-corrected chi connectivity index (χ2v) is 10.9. The zero-order valence-corrected chi connectivity index (χ0v) is 19.2. The Balaban J connectivity index is 1.37. The molecule has 0 aliphatic carbocycles. The number of rotatable bonds is 9. The van der Waals surface area contributed by atoms with E-state index in [9.17, 15) is 8.42 Å². The van der Waals surface area contributed by atoms with Crippen molar-refractivity contribution in [2.45, 2.75) is 23.5 Å². The zero-order chi connectivity index (χ0) is 21.2. The molecule has 1 fully saturated rings. The van der Waals surface area contributed by atoms with Gasteiger partial charge in [0.15, 0.2) is 15.8 Å². The smallest absolute Gasteiger partial charge is 0.193 e. The average Bonchev–Trinajstić information content (AvgIpc) is 3.22. The molecule has 5 nitrogen and oxygen atoms in total. The molecule has 2 aromatic rings. The molecule has 30 heavy (non-hydrogen) atoms. The third kappa shape index (κ3) is 7.36. The minimum Gasteiger partial charge on any atom is -0.356 e. The summed E-state index contributed by atoms with van der Waals surface area (Å²) in [6.07, 6.45) is 1.74. The number of nitrogens with zero attached hydrogens (tertiary/aromatic N) is 2. The third-order valence-corrected chi connectivity index (χ3v) is 8.10. The minimum absolute atomic E-state index is 0.107. The van der Waals surface area contributed by atoms with Crippen LogP contribution in [0, 0.1) is 5.92 Å². The number of aliphatic imine (C=N–C) groups is 1. The Morgan fingerprint density at radius 2 is 1.83 bits per heavy atom. The molecule has 1 N–H and O–H groups in total. The van der Waals surface area contributed by atoms with Crippen molar-refractivity contribution in [3.05, 3.63) is 66.2 Å². The Morgan fingerprint density at radius 1 is 1.13 bits per heavy atom. The van der Waals surface area contributed by atoms with E-state index in [1.807, 2.05) is 48.2 Å². The van der Waals surface area contributed by atoms with Crippen molar-refractivity contribution in [1.29, 1.82) is 0 Å². The lowest BCUT2D eigenvalue weighted by molar-refractivity contribution is 0.474. The van der Waals surface area contributed by atoms with Gasteiger partial charge >= 0.3 is 0 Å². The summed E-state index contributed by atoms with van der Waals surface area (Å²) in [5.41, 5.74) is 0.845. The number of thioether (sulfide) groups is 1. The summed E-state index contributed by atoms with van der Waals surface area (Å²) in [7, 11) is -1.30. The van der Waals surface area contributed by atoms with Crippen LogP contribution in [0.2, 0.25) is 0 Å². The van der Waals surface area contributed by atoms with Gasteiger partial charge in [-0.15, -0.1) is 11.8 Å². The van der Waals surface area contributed by atoms with Crippen LogP contribution in [0.4, 0.5) is 0 Å². The molecule has 0 bridgehead atoms. The van der Waals surface area contributed by atoms with E-state index in [2.05, 4.69) is 39.5 Å². The number of likely N-dealkylation sites (tertiary alicyclic amines) is 1. The Hall–Kier alpha value is -1.99. The van der Waals surface area contributed by atoms with E-state index in [-0.39, 0.29) is 11.5 Å². The van der Waals surface area contributed by atoms with E-state index < -0.39 is 9.84 Å². The first kappa shape index (κ1) is 22.7. The highest BCUT2D eigenvalue weighted by atomic mass is 32.2. The van der Waals surface area contributed by atoms with Crippen LogP contribution in [-0.4, -0.2) is 57.5 Å². The normalized spacial score (nSPS) is 17.3. The molecule has 0 radical (unpaired) electrons. The van der Waals surface area contributed by atoms with E-state index in [0.717, 1.165) is 36.8 Å². The molecule has 0 amide bonds. The van der Waals surface area contributed by atoms with Crippen LogP contribution in [0.15, 0.2) is 70.6 Å². The van der Waals surface area contributed by atoms with Crippen molar-refractivity contribution >= 4 is 27.6 Å². The van der Waals surface area contributed by atoms with Crippen molar-refractivity contribution in [2.75, 3.05) is 38.2 Å². The van der Waals surface area contributed by atoms with Crippen molar-refractivity contribution in [2.24, 2.45) is 10.9 Å². The van der Waals surface area contributed by atoms with Gasteiger partial charge in [0.05, 0.1) is 11.5 Å². The lowest BCUT2D eigenvalue weighted by atomic mass is 10.2. The third-order valence-electron chi connectivity index (χ3n) is 5.17. The molecule has 0 spiro atoms. The first-order valence-electron chi connectivity index (χ1n) is 10.4. The Kier molecular flexibility index (Phi) is 8.63. The van der Waals surface area contributed by atoms with Crippen LogP contribution in [0.3, 0.4) is 0 Å². The SMILES string of the molecule is CN=C(NCCCS(=O)(=O)Cc1ccccc1)N1CCC(CSc2ccccc2)C1. The number of guanidine groups is 1. The molecule has 0 saturated carbocycles. The second-order valence-electron chi connectivity index (χ2n) is 7.63. The molecule has 2 aromatic carbocycles. The van der Waals surface area contributed by atoms with Gasteiger partial charge in [-0.2, -0.15) is 0 Å². The van der Waals surface area contributed by atoms with Gasteiger partial charge in [-0.1, -0.05) is 48.5 Å². The second kappa shape index (κ2) is 11.4. The largest absolute Gasteiger partial charge is 0.356 e. The molecule has 162 valence electrons. The molecule has 3 rings (SSSR count). The highest BCUT2D eigenvalue weighted by Gasteiger charge is 2.24. The molecule has 0 aromatic heterocycles. The van der Waals surface area contributed by atoms with Crippen LogP contribution >= 0.6 is 11.8 Å². The van der Waals surface area contributed by atoms with Gasteiger partial charge in [0.1, 0.15) is 0 Å². The number of hydrogen-bond donors (Lipinski definition) is 1. The van der Waals surface area contributed by atoms with Gasteiger partial charge in [-0.05, 0) is 36.5 Å². The quantitative estimate of drug-likeness (QED) is 0.276. The fourth-order valence-electron chi connectivity index (χ4n) is 3.62. The van der Waals surface area contributed by atoms with Crippen molar-refractivity contribution in [3.8, 4) is 0 Å². The highest BCUT2D eigenvalue weighted by molar-refractivity contribution is 7.99. The van der Waals surface area contributed by atoms with Gasteiger partial charge in [0, 0.05) is 37.3 Å². The highest BCUT2D eigenvalue weighted by Crippen LogP contribution is 2.25. The number of sulfone groups is 1. The maximum absolute atomic E-state index is 12.3. The Labute approximate surface area is 184 Å². The fraction of sp³-hybridized carbons (Fsp3) is 0.435. The molecule has 1 atom stereocenters. The molecule has 1 aliphatic rings. The van der Waals surface area contributed by atoms with E-state index >= 15 is 0 Å². The summed E-state index contributed by atoms with van der Waals surface area (Å²) < 4.78 is 24.7. The zero-order valence-electron chi connectivity index (χ0n) is 17.5. The first-order chi connectivity index (χ1) is 14.6. The Morgan fingerprint density at radius 3 is 2.53 bits per heavy atom. The topological polar surface area (TPSA) is 61.8 Å². The minimum atomic E-state index is -3.10. The van der Waals surface area contributed by atoms with Crippen molar-refractivity contribution in [3.63, 3.8) is 0 Å². The van der Waals surface area contributed by atoms with Gasteiger partial charge in [0.2, 0.25) is 0 Å². The Bertz CT molecular complexity index is 903. The van der Waals surface area contributed by atoms with Crippen LogP contribution < -0.4 is 5.32 Å². The predicted octanol–water partition coefficient (Wildman–Crippen LogP) is 3.68. The van der Waals surface area contributed by atoms with Crippen LogP contribution in [0.25, 0.3) is 0 Å². The van der Waals surface area contributed by atoms with Gasteiger partial charge in [-0.25, -0.2) is 8.42 Å². The number of nitrogens with one attached hydrogen (secondary N) is 1. The average molecular weight is 446 g/mol. The molecular formula is C23H31N3O2S2. The monoisotopic (exact) mass is 445 g/mol. The lowest BCUT2D eigenvalue weighted by Gasteiger charge is -2.21. The maximum Gasteiger partial charge on any atom is 0.193 e. The van der Waals surface area contributed by atoms with Crippen molar-refractivity contribution in [1.82, 2.24) is 10.2 Å². The van der Waals surface area contributed by atoms with E-state index in [0.29, 0.717) is 18.9 Å². The van der Waals surface area contributed by atoms with E-state index in [4.69, 9.17) is 0 Å². The predicted molar refractivity (Wildman–Crippen MR) is 127 cm³/mol. The van der Waals surface area contributed by atoms with Crippen LogP contribution in [0.5, 0.6) is 0 Å². The standard InChI is InChI=1S/C23H31N3O2S2/c1-24-23(25-14-8-16-30(27,28)19-20-9-4-2-5-10-20)26-15-13-21(17-26)18-29-22-11-6-3-7-12-22/h2-7,9-12,21H,8,13-19H2,1H3,(H,24,25). The first-order valence-corrected chi connectivity index (χ1v) is 13.2. The summed E-state index contributed by atoms with van der Waals surface area (Å²) in [4.78, 5) is 8.00. The summed E-state index contributed by atoms with van der Waals surface area (Å²) in [5, 5.41) is 3.35. The van der Waals surface area contributed by atoms with Gasteiger partial charge in [0.25, 0.3) is 0 Å². The van der Waals surface area contributed by atoms with Crippen LogP contribution in [0.1, 0.15) is 18.4 Å². The van der Waals surface area contributed by atoms with E-state index in [1.54, 1.807) is 7.05 Å². The fourth-order valence-corrected chi connectivity index (χ4v) is 6.10. The molecule has 7 heteroatoms. The summed E-state index contributed by atoms with van der Waals surface area (Å²) >= 11 is 1.91. The summed E-state index contributed by atoms with van der Waals surface area (Å²) in [5.74, 6) is 2.91. The molecular weight excluding hydrogens is 414 g/mol. The number of hydrogen-bond acceptors (Lipinski definition) is 4. The summed E-state index contributed by atoms with van der Waals surface area (Å²) in [6, 6.07) is 19.9. The lowest BCUT2D eigenvalue weighted by Crippen LogP contribution is -2.40. The van der Waals surface area contributed by atoms with Gasteiger partial charge in [-0.3, -0.25) is 4.99 Å². The molecule has 1 unspecified atom stereocenters. The van der Waals surface area contributed by atoms with Crippen molar-refractivity contribution < 1.29 is 8.42 Å². The molecule has 1 saturated heterocycles. The van der Waals surface area contributed by atoms with Gasteiger partial charge < -0.3 is 10.2 Å². The number of benzene rings is 2. The van der Waals surface area contributed by atoms with E-state index in [1.165, 1.54) is 4.90 Å². The molecule has 1 aliphatic heterocycles. The van der Waals surface area contributed by atoms with Crippen LogP contribution in [-0.2, 0) is 15.6 Å². The summed E-state index contributed by atoms with van der Waals surface area (Å²) in [6.45, 7) is 2.60. The maximum atomic E-state index is 12.3.